The highest BCUT2D eigenvalue weighted by Crippen LogP contribution is 2.12. The van der Waals surface area contributed by atoms with Gasteiger partial charge in [0, 0.05) is 5.33 Å². The number of rotatable bonds is 22. The van der Waals surface area contributed by atoms with Crippen LogP contribution in [0.3, 0.4) is 0 Å². The predicted octanol–water partition coefficient (Wildman–Crippen LogP) is 2.19. The van der Waals surface area contributed by atoms with Crippen LogP contribution in [-0.2, 0) is 42.7 Å². The average Bonchev–Trinajstić information content (AvgIpc) is 2.78. The molecule has 0 aliphatic rings. The lowest BCUT2D eigenvalue weighted by atomic mass is 10.2. The minimum absolute atomic E-state index is 0.0463. The minimum Gasteiger partial charge on any atom is -0.378 e. The summed E-state index contributed by atoms with van der Waals surface area (Å²) >= 11 is 3.28. The van der Waals surface area contributed by atoms with Gasteiger partial charge in [0.25, 0.3) is 10.1 Å². The third kappa shape index (κ3) is 16.1. The summed E-state index contributed by atoms with van der Waals surface area (Å²) in [6.45, 7) is 7.51. The van der Waals surface area contributed by atoms with E-state index in [1.807, 2.05) is 6.92 Å². The predicted molar refractivity (Wildman–Crippen MR) is 123 cm³/mol. The minimum atomic E-state index is -3.75. The van der Waals surface area contributed by atoms with Crippen LogP contribution in [0.2, 0.25) is 0 Å². The SMILES string of the molecule is Cc1ccc(S(=O)(=O)OCCOCCOCCOCCOCCOCCOCCBr)cc1. The van der Waals surface area contributed by atoms with Gasteiger partial charge in [0.1, 0.15) is 0 Å². The molecule has 0 radical (unpaired) electrons. The molecule has 1 aromatic rings. The smallest absolute Gasteiger partial charge is 0.297 e. The third-order valence-corrected chi connectivity index (χ3v) is 5.51. The summed E-state index contributed by atoms with van der Waals surface area (Å²) in [6.07, 6.45) is 0. The summed E-state index contributed by atoms with van der Waals surface area (Å²) in [4.78, 5) is 0.136. The maximum absolute atomic E-state index is 12.0. The lowest BCUT2D eigenvalue weighted by molar-refractivity contribution is -0.0171. The van der Waals surface area contributed by atoms with Gasteiger partial charge in [0.15, 0.2) is 0 Å². The first-order chi connectivity index (χ1) is 15.6. The van der Waals surface area contributed by atoms with Crippen molar-refractivity contribution in [1.82, 2.24) is 0 Å². The van der Waals surface area contributed by atoms with Crippen LogP contribution in [-0.4, -0.2) is 99.6 Å². The average molecular weight is 543 g/mol. The van der Waals surface area contributed by atoms with Crippen LogP contribution in [0.5, 0.6) is 0 Å². The molecule has 0 N–H and O–H groups in total. The Hall–Kier alpha value is -0.630. The molecule has 11 heteroatoms. The molecule has 0 aromatic heterocycles. The van der Waals surface area contributed by atoms with Crippen molar-refractivity contribution in [2.45, 2.75) is 11.8 Å². The Morgan fingerprint density at radius 3 is 1.31 bits per heavy atom. The summed E-state index contributed by atoms with van der Waals surface area (Å²) in [7, 11) is -3.75. The van der Waals surface area contributed by atoms with Gasteiger partial charge in [-0.2, -0.15) is 8.42 Å². The van der Waals surface area contributed by atoms with Crippen LogP contribution in [0.15, 0.2) is 29.2 Å². The Kier molecular flexibility index (Phi) is 18.2. The molecule has 0 bridgehead atoms. The van der Waals surface area contributed by atoms with Gasteiger partial charge < -0.3 is 28.4 Å². The number of hydrogen-bond donors (Lipinski definition) is 0. The van der Waals surface area contributed by atoms with E-state index in [4.69, 9.17) is 32.6 Å². The third-order valence-electron chi connectivity index (χ3n) is 3.86. The normalized spacial score (nSPS) is 11.8. The van der Waals surface area contributed by atoms with E-state index in [1.54, 1.807) is 12.1 Å². The van der Waals surface area contributed by atoms with Crippen LogP contribution in [0.1, 0.15) is 5.56 Å². The molecule has 0 saturated heterocycles. The molecule has 9 nitrogen and oxygen atoms in total. The van der Waals surface area contributed by atoms with E-state index < -0.39 is 10.1 Å². The van der Waals surface area contributed by atoms with E-state index in [0.29, 0.717) is 72.7 Å². The Morgan fingerprint density at radius 1 is 0.594 bits per heavy atom. The quantitative estimate of drug-likeness (QED) is 0.124. The molecule has 32 heavy (non-hydrogen) atoms. The molecule has 1 rings (SSSR count). The largest absolute Gasteiger partial charge is 0.378 e. The Bertz CT molecular complexity index is 656. The zero-order chi connectivity index (χ0) is 23.3. The van der Waals surface area contributed by atoms with E-state index in [1.165, 1.54) is 12.1 Å². The van der Waals surface area contributed by atoms with Gasteiger partial charge in [-0.3, -0.25) is 4.18 Å². The molecule has 0 spiro atoms. The summed E-state index contributed by atoms with van der Waals surface area (Å²) in [6, 6.07) is 6.49. The lowest BCUT2D eigenvalue weighted by Gasteiger charge is -2.08. The van der Waals surface area contributed by atoms with Crippen molar-refractivity contribution in [2.24, 2.45) is 0 Å². The molecule has 0 fully saturated rings. The first kappa shape index (κ1) is 29.4. The first-order valence-electron chi connectivity index (χ1n) is 10.5. The number of benzene rings is 1. The Balaban J connectivity index is 1.80. The highest BCUT2D eigenvalue weighted by molar-refractivity contribution is 9.09. The zero-order valence-electron chi connectivity index (χ0n) is 18.7. The van der Waals surface area contributed by atoms with Crippen LogP contribution in [0, 0.1) is 6.92 Å². The zero-order valence-corrected chi connectivity index (χ0v) is 21.1. The number of aryl methyl sites for hydroxylation is 1. The van der Waals surface area contributed by atoms with Gasteiger partial charge in [-0.1, -0.05) is 33.6 Å². The van der Waals surface area contributed by atoms with Crippen LogP contribution in [0.25, 0.3) is 0 Å². The molecule has 186 valence electrons. The molecule has 0 aliphatic carbocycles. The van der Waals surface area contributed by atoms with E-state index in [9.17, 15) is 8.42 Å². The Morgan fingerprint density at radius 2 is 0.938 bits per heavy atom. The lowest BCUT2D eigenvalue weighted by Crippen LogP contribution is -2.15. The topological polar surface area (TPSA) is 98.8 Å². The summed E-state index contributed by atoms with van der Waals surface area (Å²) in [5, 5.41) is 0.827. The molecule has 0 unspecified atom stereocenters. The van der Waals surface area contributed by atoms with Crippen LogP contribution in [0.4, 0.5) is 0 Å². The molecule has 0 aliphatic heterocycles. The Labute approximate surface area is 199 Å². The number of hydrogen-bond acceptors (Lipinski definition) is 9. The molecular formula is C21H35BrO9S. The van der Waals surface area contributed by atoms with Gasteiger partial charge in [-0.15, -0.1) is 0 Å². The van der Waals surface area contributed by atoms with E-state index in [-0.39, 0.29) is 18.1 Å². The number of halogens is 1. The highest BCUT2D eigenvalue weighted by Gasteiger charge is 2.14. The van der Waals surface area contributed by atoms with Crippen LogP contribution >= 0.6 is 15.9 Å². The molecule has 0 heterocycles. The van der Waals surface area contributed by atoms with Gasteiger partial charge in [0.05, 0.1) is 90.8 Å². The van der Waals surface area contributed by atoms with E-state index in [0.717, 1.165) is 10.9 Å². The van der Waals surface area contributed by atoms with Crippen molar-refractivity contribution >= 4 is 26.0 Å². The fraction of sp³-hybridized carbons (Fsp3) is 0.714. The highest BCUT2D eigenvalue weighted by atomic mass is 79.9. The molecule has 0 atom stereocenters. The molecule has 0 saturated carbocycles. The van der Waals surface area contributed by atoms with Gasteiger partial charge in [0.2, 0.25) is 0 Å². The number of alkyl halides is 1. The standard InChI is InChI=1S/C21H35BrO9S/c1-20-2-4-21(5-3-20)32(23,24)31-19-18-30-17-16-29-15-14-28-13-12-27-11-10-26-9-8-25-7-6-22/h2-5H,6-19H2,1H3. The number of ether oxygens (including phenoxy) is 6. The van der Waals surface area contributed by atoms with Crippen molar-refractivity contribution in [3.63, 3.8) is 0 Å². The summed E-state index contributed by atoms with van der Waals surface area (Å²) in [5.74, 6) is 0. The van der Waals surface area contributed by atoms with Crippen molar-refractivity contribution < 1.29 is 41.0 Å². The monoisotopic (exact) mass is 542 g/mol. The fourth-order valence-electron chi connectivity index (χ4n) is 2.23. The van der Waals surface area contributed by atoms with E-state index >= 15 is 0 Å². The van der Waals surface area contributed by atoms with Crippen LogP contribution < -0.4 is 0 Å². The second-order valence-corrected chi connectivity index (χ2v) is 8.86. The summed E-state index contributed by atoms with van der Waals surface area (Å²) < 4.78 is 61.0. The first-order valence-corrected chi connectivity index (χ1v) is 13.1. The van der Waals surface area contributed by atoms with Crippen molar-refractivity contribution in [1.29, 1.82) is 0 Å². The van der Waals surface area contributed by atoms with E-state index in [2.05, 4.69) is 15.9 Å². The maximum Gasteiger partial charge on any atom is 0.297 e. The molecule has 0 amide bonds. The van der Waals surface area contributed by atoms with Gasteiger partial charge in [-0.05, 0) is 19.1 Å². The second kappa shape index (κ2) is 19.8. The van der Waals surface area contributed by atoms with Crippen molar-refractivity contribution in [2.75, 3.05) is 91.2 Å². The van der Waals surface area contributed by atoms with Crippen molar-refractivity contribution in [3.8, 4) is 0 Å². The fourth-order valence-corrected chi connectivity index (χ4v) is 3.35. The molecule has 1 aromatic carbocycles. The van der Waals surface area contributed by atoms with Gasteiger partial charge >= 0.3 is 0 Å². The second-order valence-electron chi connectivity index (χ2n) is 6.45. The van der Waals surface area contributed by atoms with Gasteiger partial charge in [-0.25, -0.2) is 0 Å². The maximum atomic E-state index is 12.0. The summed E-state index contributed by atoms with van der Waals surface area (Å²) in [5.41, 5.74) is 0.982. The van der Waals surface area contributed by atoms with Crippen molar-refractivity contribution in [3.05, 3.63) is 29.8 Å². The molecular weight excluding hydrogens is 508 g/mol.